The van der Waals surface area contributed by atoms with Crippen molar-refractivity contribution in [2.24, 2.45) is 0 Å². The predicted octanol–water partition coefficient (Wildman–Crippen LogP) is 0.677. The summed E-state index contributed by atoms with van der Waals surface area (Å²) in [5, 5.41) is 7.05. The molecule has 5 nitrogen and oxygen atoms in total. The third-order valence-corrected chi connectivity index (χ3v) is 2.51. The van der Waals surface area contributed by atoms with Crippen LogP contribution in [0.1, 0.15) is 19.0 Å². The summed E-state index contributed by atoms with van der Waals surface area (Å²) < 4.78 is 1.98. The molecule has 82 valence electrons. The number of fused-ring (bicyclic) bond motifs is 1. The molecular weight excluding hydrogens is 192 g/mol. The minimum absolute atomic E-state index is 0.0726. The Bertz CT molecular complexity index is 371. The molecule has 0 saturated heterocycles. The van der Waals surface area contributed by atoms with E-state index in [1.165, 1.54) is 12.6 Å². The molecule has 0 spiro atoms. The van der Waals surface area contributed by atoms with Gasteiger partial charge >= 0.3 is 0 Å². The molecule has 1 amide bonds. The first-order valence-corrected chi connectivity index (χ1v) is 5.18. The number of aromatic nitrogens is 2. The van der Waals surface area contributed by atoms with Gasteiger partial charge in [-0.05, 0) is 13.5 Å². The van der Waals surface area contributed by atoms with Gasteiger partial charge in [-0.3, -0.25) is 9.48 Å². The molecule has 0 aromatic carbocycles. The molecule has 1 N–H and O–H groups in total. The van der Waals surface area contributed by atoms with E-state index < -0.39 is 0 Å². The Kier molecular flexibility index (Phi) is 2.73. The number of hydrogen-bond acceptors (Lipinski definition) is 3. The normalized spacial score (nSPS) is 16.9. The summed E-state index contributed by atoms with van der Waals surface area (Å²) in [4.78, 5) is 13.1. The molecule has 0 atom stereocenters. The first kappa shape index (κ1) is 10.2. The number of hydrogen-bond donors (Lipinski definition) is 1. The lowest BCUT2D eigenvalue weighted by Crippen LogP contribution is -2.17. The Morgan fingerprint density at radius 2 is 2.33 bits per heavy atom. The molecule has 0 radical (unpaired) electrons. The van der Waals surface area contributed by atoms with Gasteiger partial charge in [0.2, 0.25) is 5.91 Å². The van der Waals surface area contributed by atoms with Crippen molar-refractivity contribution in [2.45, 2.75) is 26.4 Å². The molecule has 1 aliphatic heterocycles. The monoisotopic (exact) mass is 208 g/mol. The van der Waals surface area contributed by atoms with Crippen LogP contribution < -0.4 is 5.32 Å². The zero-order valence-corrected chi connectivity index (χ0v) is 9.16. The fourth-order valence-electron chi connectivity index (χ4n) is 1.86. The zero-order valence-electron chi connectivity index (χ0n) is 9.16. The van der Waals surface area contributed by atoms with Crippen LogP contribution in [-0.2, 0) is 17.9 Å². The number of nitrogens with zero attached hydrogens (tertiary/aromatic N) is 3. The quantitative estimate of drug-likeness (QED) is 0.738. The lowest BCUT2D eigenvalue weighted by atomic mass is 10.4. The summed E-state index contributed by atoms with van der Waals surface area (Å²) in [5.41, 5.74) is 1.17. The van der Waals surface area contributed by atoms with Gasteiger partial charge in [0.25, 0.3) is 0 Å². The first-order chi connectivity index (χ1) is 7.15. The molecular formula is C10H16N4O. The van der Waals surface area contributed by atoms with Crippen molar-refractivity contribution in [1.29, 1.82) is 0 Å². The Labute approximate surface area is 89.1 Å². The van der Waals surface area contributed by atoms with Gasteiger partial charge in [-0.1, -0.05) is 0 Å². The van der Waals surface area contributed by atoms with E-state index in [-0.39, 0.29) is 5.91 Å². The lowest BCUT2D eigenvalue weighted by molar-refractivity contribution is -0.114. The molecule has 2 heterocycles. The molecule has 5 heteroatoms. The number of carbonyl (C=O) groups excluding carboxylic acids is 1. The molecule has 1 aromatic rings. The van der Waals surface area contributed by atoms with E-state index in [4.69, 9.17) is 0 Å². The van der Waals surface area contributed by atoms with Crippen LogP contribution in [0.15, 0.2) is 6.07 Å². The number of nitrogens with one attached hydrogen (secondary N) is 1. The van der Waals surface area contributed by atoms with Crippen LogP contribution >= 0.6 is 0 Å². The highest BCUT2D eigenvalue weighted by Gasteiger charge is 2.14. The third-order valence-electron chi connectivity index (χ3n) is 2.51. The van der Waals surface area contributed by atoms with E-state index >= 15 is 0 Å². The van der Waals surface area contributed by atoms with Crippen LogP contribution in [0.25, 0.3) is 0 Å². The summed E-state index contributed by atoms with van der Waals surface area (Å²) in [6, 6.07) is 1.95. The van der Waals surface area contributed by atoms with E-state index in [0.29, 0.717) is 5.82 Å². The van der Waals surface area contributed by atoms with Crippen molar-refractivity contribution in [2.75, 3.05) is 18.9 Å². The van der Waals surface area contributed by atoms with Crippen LogP contribution in [0, 0.1) is 0 Å². The second-order valence-electron chi connectivity index (χ2n) is 4.02. The first-order valence-electron chi connectivity index (χ1n) is 5.18. The fourth-order valence-corrected chi connectivity index (χ4v) is 1.86. The predicted molar refractivity (Wildman–Crippen MR) is 57.5 cm³/mol. The van der Waals surface area contributed by atoms with Gasteiger partial charge < -0.3 is 10.2 Å². The maximum absolute atomic E-state index is 10.9. The number of carbonyl (C=O) groups is 1. The van der Waals surface area contributed by atoms with Gasteiger partial charge in [0, 0.05) is 32.6 Å². The number of amides is 1. The Hall–Kier alpha value is -1.36. The second kappa shape index (κ2) is 4.02. The lowest BCUT2D eigenvalue weighted by Gasteiger charge is -2.10. The number of rotatable bonds is 1. The van der Waals surface area contributed by atoms with Crippen molar-refractivity contribution in [3.63, 3.8) is 0 Å². The fraction of sp³-hybridized carbons (Fsp3) is 0.600. The smallest absolute Gasteiger partial charge is 0.222 e. The minimum Gasteiger partial charge on any atom is -0.309 e. The van der Waals surface area contributed by atoms with Crippen molar-refractivity contribution in [1.82, 2.24) is 14.7 Å². The second-order valence-corrected chi connectivity index (χ2v) is 4.02. The van der Waals surface area contributed by atoms with Crippen LogP contribution in [-0.4, -0.2) is 34.2 Å². The van der Waals surface area contributed by atoms with Gasteiger partial charge in [-0.15, -0.1) is 0 Å². The van der Waals surface area contributed by atoms with Crippen LogP contribution in [0.3, 0.4) is 0 Å². The Morgan fingerprint density at radius 1 is 1.53 bits per heavy atom. The van der Waals surface area contributed by atoms with E-state index in [9.17, 15) is 4.79 Å². The van der Waals surface area contributed by atoms with Gasteiger partial charge in [-0.2, -0.15) is 5.10 Å². The maximum atomic E-state index is 10.9. The molecule has 0 aliphatic carbocycles. The van der Waals surface area contributed by atoms with Crippen molar-refractivity contribution in [3.05, 3.63) is 11.8 Å². The van der Waals surface area contributed by atoms with Crippen LogP contribution in [0.4, 0.5) is 5.82 Å². The van der Waals surface area contributed by atoms with Crippen LogP contribution in [0.5, 0.6) is 0 Å². The largest absolute Gasteiger partial charge is 0.309 e. The summed E-state index contributed by atoms with van der Waals surface area (Å²) in [7, 11) is 2.10. The third kappa shape index (κ3) is 2.36. The number of aryl methyl sites for hydroxylation is 1. The molecule has 0 unspecified atom stereocenters. The van der Waals surface area contributed by atoms with Gasteiger partial charge in [0.15, 0.2) is 5.82 Å². The van der Waals surface area contributed by atoms with E-state index in [2.05, 4.69) is 22.4 Å². The summed E-state index contributed by atoms with van der Waals surface area (Å²) in [6.07, 6.45) is 1.10. The molecule has 0 bridgehead atoms. The summed E-state index contributed by atoms with van der Waals surface area (Å²) >= 11 is 0. The molecule has 2 rings (SSSR count). The SMILES string of the molecule is CC(=O)Nc1cc2n(n1)CCCN(C)C2. The summed E-state index contributed by atoms with van der Waals surface area (Å²) in [6.45, 7) is 4.42. The van der Waals surface area contributed by atoms with Crippen molar-refractivity contribution in [3.8, 4) is 0 Å². The van der Waals surface area contributed by atoms with Crippen molar-refractivity contribution < 1.29 is 4.79 Å². The van der Waals surface area contributed by atoms with Crippen molar-refractivity contribution >= 4 is 11.7 Å². The highest BCUT2D eigenvalue weighted by molar-refractivity contribution is 5.87. The van der Waals surface area contributed by atoms with Gasteiger partial charge in [0.1, 0.15) is 0 Å². The average molecular weight is 208 g/mol. The van der Waals surface area contributed by atoms with Gasteiger partial charge in [0.05, 0.1) is 5.69 Å². The summed E-state index contributed by atoms with van der Waals surface area (Å²) in [5.74, 6) is 0.587. The van der Waals surface area contributed by atoms with Crippen LogP contribution in [0.2, 0.25) is 0 Å². The molecule has 1 aromatic heterocycles. The average Bonchev–Trinajstić information content (AvgIpc) is 2.38. The molecule has 15 heavy (non-hydrogen) atoms. The maximum Gasteiger partial charge on any atom is 0.222 e. The standard InChI is InChI=1S/C10H16N4O/c1-8(15)11-10-6-9-7-13(2)4-3-5-14(9)12-10/h6H,3-5,7H2,1-2H3,(H,11,12,15). The topological polar surface area (TPSA) is 50.2 Å². The minimum atomic E-state index is -0.0726. The zero-order chi connectivity index (χ0) is 10.8. The molecule has 1 aliphatic rings. The van der Waals surface area contributed by atoms with E-state index in [1.807, 2.05) is 10.7 Å². The molecule has 0 fully saturated rings. The Balaban J connectivity index is 2.19. The van der Waals surface area contributed by atoms with E-state index in [1.54, 1.807) is 0 Å². The number of anilines is 1. The van der Waals surface area contributed by atoms with E-state index in [0.717, 1.165) is 26.1 Å². The highest BCUT2D eigenvalue weighted by atomic mass is 16.1. The van der Waals surface area contributed by atoms with Gasteiger partial charge in [-0.25, -0.2) is 0 Å². The molecule has 0 saturated carbocycles. The Morgan fingerprint density at radius 3 is 3.07 bits per heavy atom. The highest BCUT2D eigenvalue weighted by Crippen LogP contribution is 2.15.